The minimum absolute atomic E-state index is 0.0793. The maximum atomic E-state index is 12.6. The van der Waals surface area contributed by atoms with Gasteiger partial charge in [0.05, 0.1) is 25.2 Å². The number of aliphatic hydroxyl groups is 3. The second-order valence-corrected chi connectivity index (χ2v) is 9.15. The molecule has 6 atom stereocenters. The van der Waals surface area contributed by atoms with Crippen molar-refractivity contribution < 1.29 is 24.9 Å². The topological polar surface area (TPSA) is 102 Å². The fourth-order valence-corrected chi connectivity index (χ4v) is 5.60. The van der Waals surface area contributed by atoms with Gasteiger partial charge < -0.3 is 25.4 Å². The van der Waals surface area contributed by atoms with E-state index in [1.165, 1.54) is 5.57 Å². The molecular weight excluding hydrogens is 372 g/mol. The van der Waals surface area contributed by atoms with Crippen LogP contribution in [0.1, 0.15) is 39.5 Å². The lowest BCUT2D eigenvalue weighted by molar-refractivity contribution is -0.144. The highest BCUT2D eigenvalue weighted by Gasteiger charge is 2.59. The van der Waals surface area contributed by atoms with E-state index in [0.717, 1.165) is 38.8 Å². The minimum Gasteiger partial charge on any atom is -0.461 e. The lowest BCUT2D eigenvalue weighted by Gasteiger charge is -2.51. The number of rotatable bonds is 10. The Morgan fingerprint density at radius 1 is 1.28 bits per heavy atom. The van der Waals surface area contributed by atoms with Crippen LogP contribution in [-0.2, 0) is 9.53 Å². The molecule has 4 N–H and O–H groups in total. The van der Waals surface area contributed by atoms with Crippen LogP contribution in [0, 0.1) is 23.2 Å². The van der Waals surface area contributed by atoms with Crippen molar-refractivity contribution in [3.05, 3.63) is 11.6 Å². The molecule has 3 aliphatic rings. The van der Waals surface area contributed by atoms with Crippen molar-refractivity contribution in [2.24, 2.45) is 23.2 Å². The zero-order valence-electron chi connectivity index (χ0n) is 17.8. The van der Waals surface area contributed by atoms with E-state index in [0.29, 0.717) is 25.6 Å². The zero-order valence-corrected chi connectivity index (χ0v) is 17.8. The number of hydrogen-bond acceptors (Lipinski definition) is 7. The van der Waals surface area contributed by atoms with E-state index < -0.39 is 6.10 Å². The molecule has 2 fully saturated rings. The van der Waals surface area contributed by atoms with Gasteiger partial charge in [0.2, 0.25) is 0 Å². The number of esters is 1. The Hall–Kier alpha value is -0.990. The molecule has 0 radical (unpaired) electrons. The maximum absolute atomic E-state index is 12.6. The van der Waals surface area contributed by atoms with Gasteiger partial charge in [-0.2, -0.15) is 0 Å². The summed E-state index contributed by atoms with van der Waals surface area (Å²) in [6, 6.07) is 0. The maximum Gasteiger partial charge on any atom is 0.311 e. The molecular formula is C22H38N2O5. The summed E-state index contributed by atoms with van der Waals surface area (Å²) in [5, 5.41) is 32.9. The monoisotopic (exact) mass is 410 g/mol. The zero-order chi connectivity index (χ0) is 21.0. The van der Waals surface area contributed by atoms with E-state index >= 15 is 0 Å². The van der Waals surface area contributed by atoms with Gasteiger partial charge in [0.15, 0.2) is 0 Å². The summed E-state index contributed by atoms with van der Waals surface area (Å²) in [4.78, 5) is 14.6. The number of nitrogens with zero attached hydrogens (tertiary/aromatic N) is 1. The highest BCUT2D eigenvalue weighted by Crippen LogP contribution is 2.55. The Morgan fingerprint density at radius 2 is 2.00 bits per heavy atom. The van der Waals surface area contributed by atoms with Crippen LogP contribution < -0.4 is 5.32 Å². The Kier molecular flexibility index (Phi) is 7.73. The van der Waals surface area contributed by atoms with Gasteiger partial charge in [-0.05, 0) is 38.3 Å². The third-order valence-corrected chi connectivity index (χ3v) is 7.59. The Morgan fingerprint density at radius 3 is 2.69 bits per heavy atom. The molecule has 2 aliphatic carbocycles. The van der Waals surface area contributed by atoms with E-state index in [2.05, 4.69) is 25.2 Å². The van der Waals surface area contributed by atoms with Gasteiger partial charge in [0.25, 0.3) is 0 Å². The van der Waals surface area contributed by atoms with Crippen LogP contribution in [0.2, 0.25) is 0 Å². The van der Waals surface area contributed by atoms with Crippen molar-refractivity contribution >= 4 is 5.97 Å². The summed E-state index contributed by atoms with van der Waals surface area (Å²) in [5.41, 5.74) is 1.00. The molecule has 0 bridgehead atoms. The highest BCUT2D eigenvalue weighted by molar-refractivity contribution is 5.76. The largest absolute Gasteiger partial charge is 0.461 e. The number of allylic oxidation sites excluding steroid dienone is 1. The third-order valence-electron chi connectivity index (χ3n) is 7.59. The van der Waals surface area contributed by atoms with Crippen molar-refractivity contribution in [3.63, 3.8) is 0 Å². The summed E-state index contributed by atoms with van der Waals surface area (Å²) in [6.45, 7) is 7.67. The number of carbonyl (C=O) groups excluding carboxylic acids is 1. The first kappa shape index (κ1) is 22.7. The fraction of sp³-hybridized carbons (Fsp3) is 0.864. The van der Waals surface area contributed by atoms with Gasteiger partial charge >= 0.3 is 5.97 Å². The van der Waals surface area contributed by atoms with Gasteiger partial charge in [0.1, 0.15) is 6.10 Å². The quantitative estimate of drug-likeness (QED) is 0.237. The van der Waals surface area contributed by atoms with Crippen molar-refractivity contribution in [1.82, 2.24) is 10.2 Å². The molecule has 7 heteroatoms. The molecule has 1 aliphatic heterocycles. The van der Waals surface area contributed by atoms with Crippen LogP contribution in [0.5, 0.6) is 0 Å². The summed E-state index contributed by atoms with van der Waals surface area (Å²) in [7, 11) is 0. The first-order valence-corrected chi connectivity index (χ1v) is 11.2. The van der Waals surface area contributed by atoms with Gasteiger partial charge in [-0.3, -0.25) is 9.69 Å². The van der Waals surface area contributed by atoms with E-state index in [9.17, 15) is 9.90 Å². The summed E-state index contributed by atoms with van der Waals surface area (Å²) < 4.78 is 5.69. The van der Waals surface area contributed by atoms with Gasteiger partial charge in [-0.25, -0.2) is 0 Å². The number of fused-ring (bicyclic) bond motifs is 2. The van der Waals surface area contributed by atoms with Crippen molar-refractivity contribution in [2.75, 3.05) is 45.9 Å². The van der Waals surface area contributed by atoms with E-state index in [-0.39, 0.29) is 42.5 Å². The normalized spacial score (nSPS) is 36.6. The molecule has 3 rings (SSSR count). The van der Waals surface area contributed by atoms with Crippen molar-refractivity contribution in [1.29, 1.82) is 0 Å². The molecule has 1 heterocycles. The van der Waals surface area contributed by atoms with Gasteiger partial charge in [0, 0.05) is 37.4 Å². The fourth-order valence-electron chi connectivity index (χ4n) is 5.60. The molecule has 166 valence electrons. The summed E-state index contributed by atoms with van der Waals surface area (Å²) in [6.07, 6.45) is 5.21. The SMILES string of the molecule is C[C@@H]1CCC=C2C[C@H]3OC(=O)[C@@H](CNCCCN(CCO)CCO)[C@H]3[C@H](O)[C@@]21C. The molecule has 1 saturated carbocycles. The molecule has 0 unspecified atom stereocenters. The molecule has 0 aromatic rings. The predicted molar refractivity (Wildman–Crippen MR) is 110 cm³/mol. The first-order valence-electron chi connectivity index (χ1n) is 11.2. The highest BCUT2D eigenvalue weighted by atomic mass is 16.6. The summed E-state index contributed by atoms with van der Waals surface area (Å²) in [5.74, 6) is -0.262. The van der Waals surface area contributed by atoms with Crippen LogP contribution in [0.3, 0.4) is 0 Å². The summed E-state index contributed by atoms with van der Waals surface area (Å²) >= 11 is 0. The number of hydrogen-bond donors (Lipinski definition) is 4. The van der Waals surface area contributed by atoms with Crippen molar-refractivity contribution in [3.8, 4) is 0 Å². The standard InChI is InChI=1S/C22H38N2O5/c1-15-5-3-6-16-13-18-19(20(27)22(15,16)2)17(21(28)29-18)14-23-7-4-8-24(9-11-25)10-12-26/h6,15,17-20,23,25-27H,3-5,7-14H2,1-2H3/t15-,17+,18-,19-,20+,22-/m1/s1. The molecule has 0 aromatic heterocycles. The van der Waals surface area contributed by atoms with Gasteiger partial charge in [-0.1, -0.05) is 25.5 Å². The van der Waals surface area contributed by atoms with E-state index in [4.69, 9.17) is 14.9 Å². The van der Waals surface area contributed by atoms with Crippen LogP contribution in [0.15, 0.2) is 11.6 Å². The molecule has 1 saturated heterocycles. The average Bonchev–Trinajstić information content (AvgIpc) is 3.00. The van der Waals surface area contributed by atoms with Crippen LogP contribution in [0.4, 0.5) is 0 Å². The second-order valence-electron chi connectivity index (χ2n) is 9.15. The molecule has 0 amide bonds. The van der Waals surface area contributed by atoms with Crippen LogP contribution >= 0.6 is 0 Å². The van der Waals surface area contributed by atoms with E-state index in [1.807, 2.05) is 4.90 Å². The molecule has 7 nitrogen and oxygen atoms in total. The lowest BCUT2D eigenvalue weighted by Crippen LogP contribution is -2.54. The number of ether oxygens (including phenoxy) is 1. The lowest BCUT2D eigenvalue weighted by atomic mass is 9.55. The minimum atomic E-state index is -0.564. The Labute approximate surface area is 174 Å². The third kappa shape index (κ3) is 4.54. The predicted octanol–water partition coefficient (Wildman–Crippen LogP) is 0.538. The number of aliphatic hydroxyl groups excluding tert-OH is 3. The van der Waals surface area contributed by atoms with Crippen LogP contribution in [0.25, 0.3) is 0 Å². The van der Waals surface area contributed by atoms with E-state index in [1.54, 1.807) is 0 Å². The molecule has 29 heavy (non-hydrogen) atoms. The Balaban J connectivity index is 1.55. The second kappa shape index (κ2) is 9.88. The first-order chi connectivity index (χ1) is 13.9. The van der Waals surface area contributed by atoms with Gasteiger partial charge in [-0.15, -0.1) is 0 Å². The van der Waals surface area contributed by atoms with Crippen molar-refractivity contribution in [2.45, 2.75) is 51.7 Å². The average molecular weight is 411 g/mol. The van der Waals surface area contributed by atoms with Crippen LogP contribution in [-0.4, -0.2) is 84.3 Å². The smallest absolute Gasteiger partial charge is 0.311 e. The molecule has 0 aromatic carbocycles. The molecule has 0 spiro atoms. The Bertz CT molecular complexity index is 592. The number of nitrogens with one attached hydrogen (secondary N) is 1. The number of carbonyl (C=O) groups is 1.